The van der Waals surface area contributed by atoms with E-state index in [0.29, 0.717) is 33.3 Å². The van der Waals surface area contributed by atoms with Gasteiger partial charge in [-0.1, -0.05) is 47.5 Å². The van der Waals surface area contributed by atoms with Crippen LogP contribution in [0.1, 0.15) is 16.7 Å². The Labute approximate surface area is 261 Å². The third kappa shape index (κ3) is 8.15. The number of anilines is 2. The summed E-state index contributed by atoms with van der Waals surface area (Å²) < 4.78 is 39.0. The molecule has 4 rings (SSSR count). The predicted octanol–water partition coefficient (Wildman–Crippen LogP) is 5.33. The van der Waals surface area contributed by atoms with Crippen molar-refractivity contribution in [3.05, 3.63) is 113 Å². The van der Waals surface area contributed by atoms with Crippen LogP contribution in [0.25, 0.3) is 0 Å². The van der Waals surface area contributed by atoms with E-state index in [-0.39, 0.29) is 23.1 Å². The number of nitrogens with zero attached hydrogens (tertiary/aromatic N) is 2. The van der Waals surface area contributed by atoms with Crippen LogP contribution in [0.4, 0.5) is 11.4 Å². The maximum atomic E-state index is 13.6. The van der Waals surface area contributed by atoms with Crippen LogP contribution in [0.15, 0.2) is 101 Å². The van der Waals surface area contributed by atoms with E-state index in [9.17, 15) is 18.0 Å². The first-order valence-corrected chi connectivity index (χ1v) is 15.2. The molecule has 4 aromatic rings. The zero-order valence-electron chi connectivity index (χ0n) is 24.3. The summed E-state index contributed by atoms with van der Waals surface area (Å²) in [6.45, 7) is 2.80. The normalized spacial score (nSPS) is 11.2. The van der Waals surface area contributed by atoms with E-state index in [2.05, 4.69) is 15.8 Å². The van der Waals surface area contributed by atoms with Gasteiger partial charge in [-0.05, 0) is 85.6 Å². The Morgan fingerprint density at radius 1 is 0.909 bits per heavy atom. The molecule has 10 nitrogen and oxygen atoms in total. The summed E-state index contributed by atoms with van der Waals surface area (Å²) in [4.78, 5) is 25.2. The molecule has 2 amide bonds. The van der Waals surface area contributed by atoms with Gasteiger partial charge in [0.15, 0.2) is 6.61 Å². The lowest BCUT2D eigenvalue weighted by atomic mass is 10.2. The first kappa shape index (κ1) is 32.1. The average Bonchev–Trinajstić information content (AvgIpc) is 3.01. The lowest BCUT2D eigenvalue weighted by Crippen LogP contribution is -2.40. The van der Waals surface area contributed by atoms with Crippen LogP contribution in [-0.4, -0.2) is 46.7 Å². The number of ether oxygens (including phenoxy) is 2. The van der Waals surface area contributed by atoms with Crippen molar-refractivity contribution in [1.29, 1.82) is 0 Å². The summed E-state index contributed by atoms with van der Waals surface area (Å²) in [7, 11) is -2.59. The lowest BCUT2D eigenvalue weighted by Gasteiger charge is -2.25. The van der Waals surface area contributed by atoms with Gasteiger partial charge in [0.05, 0.1) is 29.6 Å². The highest BCUT2D eigenvalue weighted by atomic mass is 35.5. The van der Waals surface area contributed by atoms with E-state index in [1.54, 1.807) is 85.8 Å². The third-order valence-electron chi connectivity index (χ3n) is 6.44. The second-order valence-corrected chi connectivity index (χ2v) is 11.9. The number of para-hydroxylation sites is 2. The fourth-order valence-electron chi connectivity index (χ4n) is 4.08. The number of hydrogen-bond donors (Lipinski definition) is 2. The van der Waals surface area contributed by atoms with Crippen LogP contribution in [0, 0.1) is 13.8 Å². The van der Waals surface area contributed by atoms with E-state index in [1.165, 1.54) is 25.5 Å². The summed E-state index contributed by atoms with van der Waals surface area (Å²) in [6.07, 6.45) is 1.40. The first-order valence-electron chi connectivity index (χ1n) is 13.4. The minimum atomic E-state index is -4.11. The fraction of sp³-hybridized carbons (Fsp3) is 0.156. The molecule has 0 heterocycles. The molecule has 0 aliphatic carbocycles. The smallest absolute Gasteiger partial charge is 0.264 e. The van der Waals surface area contributed by atoms with Gasteiger partial charge in [-0.25, -0.2) is 13.8 Å². The molecule has 0 radical (unpaired) electrons. The SMILES string of the molecule is COc1ccccc1NC(=O)COc1ccc(/C=N\NC(=O)CN(c2cccc(Cl)c2C)S(=O)(=O)c2ccc(C)cc2)cc1. The number of sulfonamides is 1. The largest absolute Gasteiger partial charge is 0.495 e. The van der Waals surface area contributed by atoms with E-state index >= 15 is 0 Å². The van der Waals surface area contributed by atoms with Gasteiger partial charge >= 0.3 is 0 Å². The molecule has 44 heavy (non-hydrogen) atoms. The average molecular weight is 635 g/mol. The number of hydrazone groups is 1. The van der Waals surface area contributed by atoms with Gasteiger partial charge in [-0.3, -0.25) is 13.9 Å². The van der Waals surface area contributed by atoms with Crippen molar-refractivity contribution >= 4 is 51.0 Å². The summed E-state index contributed by atoms with van der Waals surface area (Å²) in [5.74, 6) is -0.0152. The molecule has 2 N–H and O–H groups in total. The monoisotopic (exact) mass is 634 g/mol. The standard InChI is InChI=1S/C32H31ClN4O6S/c1-22-11-17-26(18-12-22)44(40,41)37(29-9-6-7-27(33)23(29)2)20-31(38)36-34-19-24-13-15-25(16-14-24)43-21-32(39)35-28-8-4-5-10-30(28)42-3/h4-19H,20-21H2,1-3H3,(H,35,39)(H,36,38)/b34-19-. The van der Waals surface area contributed by atoms with E-state index in [1.807, 2.05) is 6.92 Å². The maximum Gasteiger partial charge on any atom is 0.264 e. The van der Waals surface area contributed by atoms with Gasteiger partial charge in [0, 0.05) is 5.02 Å². The Morgan fingerprint density at radius 2 is 1.61 bits per heavy atom. The number of hydrogen-bond acceptors (Lipinski definition) is 7. The highest BCUT2D eigenvalue weighted by Gasteiger charge is 2.28. The van der Waals surface area contributed by atoms with Crippen molar-refractivity contribution in [3.8, 4) is 11.5 Å². The molecule has 0 spiro atoms. The minimum absolute atomic E-state index is 0.0401. The molecule has 0 saturated heterocycles. The van der Waals surface area contributed by atoms with Crippen molar-refractivity contribution in [2.24, 2.45) is 5.10 Å². The molecule has 0 bridgehead atoms. The second kappa shape index (κ2) is 14.5. The van der Waals surface area contributed by atoms with Crippen molar-refractivity contribution in [2.45, 2.75) is 18.7 Å². The van der Waals surface area contributed by atoms with Crippen molar-refractivity contribution < 1.29 is 27.5 Å². The van der Waals surface area contributed by atoms with Crippen LogP contribution < -0.4 is 24.5 Å². The molecule has 4 aromatic carbocycles. The third-order valence-corrected chi connectivity index (χ3v) is 8.62. The minimum Gasteiger partial charge on any atom is -0.495 e. The van der Waals surface area contributed by atoms with Crippen molar-refractivity contribution in [3.63, 3.8) is 0 Å². The Morgan fingerprint density at radius 3 is 2.32 bits per heavy atom. The molecule has 0 atom stereocenters. The molecular weight excluding hydrogens is 604 g/mol. The molecular formula is C32H31ClN4O6S. The number of nitrogens with one attached hydrogen (secondary N) is 2. The van der Waals surface area contributed by atoms with Crippen LogP contribution in [0.2, 0.25) is 5.02 Å². The molecule has 0 unspecified atom stereocenters. The van der Waals surface area contributed by atoms with Gasteiger partial charge in [0.25, 0.3) is 21.8 Å². The molecule has 0 aliphatic rings. The van der Waals surface area contributed by atoms with Crippen molar-refractivity contribution in [1.82, 2.24) is 5.43 Å². The van der Waals surface area contributed by atoms with Crippen LogP contribution >= 0.6 is 11.6 Å². The molecule has 0 fully saturated rings. The summed E-state index contributed by atoms with van der Waals surface area (Å²) in [5, 5.41) is 7.08. The molecule has 228 valence electrons. The fourth-order valence-corrected chi connectivity index (χ4v) is 5.73. The van der Waals surface area contributed by atoms with E-state index < -0.39 is 22.5 Å². The number of benzene rings is 4. The summed E-state index contributed by atoms with van der Waals surface area (Å²) >= 11 is 6.27. The van der Waals surface area contributed by atoms with Gasteiger partial charge in [0.1, 0.15) is 18.0 Å². The van der Waals surface area contributed by atoms with Gasteiger partial charge in [0.2, 0.25) is 0 Å². The number of aryl methyl sites for hydroxylation is 1. The van der Waals surface area contributed by atoms with Crippen molar-refractivity contribution in [2.75, 3.05) is 29.9 Å². The lowest BCUT2D eigenvalue weighted by molar-refractivity contribution is -0.119. The van der Waals surface area contributed by atoms with Gasteiger partial charge in [-0.15, -0.1) is 0 Å². The molecule has 0 aromatic heterocycles. The molecule has 0 aliphatic heterocycles. The Balaban J connectivity index is 1.37. The quantitative estimate of drug-likeness (QED) is 0.160. The Bertz CT molecular complexity index is 1760. The number of carbonyl (C=O) groups is 2. The summed E-state index contributed by atoms with van der Waals surface area (Å²) in [5.41, 5.74) is 5.25. The zero-order chi connectivity index (χ0) is 31.7. The number of halogens is 1. The van der Waals surface area contributed by atoms with E-state index in [0.717, 1.165) is 9.87 Å². The Hall–Kier alpha value is -4.87. The molecule has 12 heteroatoms. The topological polar surface area (TPSA) is 126 Å². The second-order valence-electron chi connectivity index (χ2n) is 9.61. The number of methoxy groups -OCH3 is 1. The first-order chi connectivity index (χ1) is 21.1. The maximum absolute atomic E-state index is 13.6. The van der Waals surface area contributed by atoms with E-state index in [4.69, 9.17) is 21.1 Å². The predicted molar refractivity (Wildman–Crippen MR) is 171 cm³/mol. The zero-order valence-corrected chi connectivity index (χ0v) is 25.9. The number of carbonyl (C=O) groups excluding carboxylic acids is 2. The summed E-state index contributed by atoms with van der Waals surface area (Å²) in [6, 6.07) is 24.9. The number of amides is 2. The highest BCUT2D eigenvalue weighted by Crippen LogP contribution is 2.31. The number of rotatable bonds is 12. The van der Waals surface area contributed by atoms with Crippen LogP contribution in [-0.2, 0) is 19.6 Å². The highest BCUT2D eigenvalue weighted by molar-refractivity contribution is 7.92. The van der Waals surface area contributed by atoms with Crippen LogP contribution in [0.5, 0.6) is 11.5 Å². The molecule has 0 saturated carbocycles. The van der Waals surface area contributed by atoms with Crippen LogP contribution in [0.3, 0.4) is 0 Å². The Kier molecular flexibility index (Phi) is 10.6. The van der Waals surface area contributed by atoms with Gasteiger partial charge < -0.3 is 14.8 Å². The van der Waals surface area contributed by atoms with Gasteiger partial charge in [-0.2, -0.15) is 5.10 Å².